The number of aromatic nitrogens is 5. The lowest BCUT2D eigenvalue weighted by Gasteiger charge is -2.32. The van der Waals surface area contributed by atoms with Crippen molar-refractivity contribution in [3.05, 3.63) is 18.0 Å². The zero-order valence-corrected chi connectivity index (χ0v) is 16.5. The number of nitrogens with zero attached hydrogens (tertiary/aromatic N) is 6. The Morgan fingerprint density at radius 2 is 2.03 bits per heavy atom. The fourth-order valence-electron chi connectivity index (χ4n) is 3.76. The summed E-state index contributed by atoms with van der Waals surface area (Å²) in [5.74, 6) is 0.262. The number of amides is 2. The zero-order valence-electron chi connectivity index (χ0n) is 16.5. The van der Waals surface area contributed by atoms with Gasteiger partial charge in [0.25, 0.3) is 5.91 Å². The van der Waals surface area contributed by atoms with E-state index in [0.29, 0.717) is 60.6 Å². The molecule has 1 saturated heterocycles. The van der Waals surface area contributed by atoms with Gasteiger partial charge in [-0.1, -0.05) is 0 Å². The molecular formula is C18H23N9O3. The Labute approximate surface area is 171 Å². The topological polar surface area (TPSA) is 171 Å². The molecule has 12 heteroatoms. The van der Waals surface area contributed by atoms with Gasteiger partial charge in [-0.05, 0) is 30.1 Å². The first-order valence-electron chi connectivity index (χ1n) is 9.74. The number of hydrogen-bond acceptors (Lipinski definition) is 9. The number of nitrogen functional groups attached to an aromatic ring is 1. The van der Waals surface area contributed by atoms with E-state index < -0.39 is 0 Å². The number of anilines is 1. The van der Waals surface area contributed by atoms with Gasteiger partial charge < -0.3 is 26.3 Å². The summed E-state index contributed by atoms with van der Waals surface area (Å²) in [5.41, 5.74) is 13.2. The maximum absolute atomic E-state index is 13.1. The van der Waals surface area contributed by atoms with Crippen LogP contribution in [0.3, 0.4) is 0 Å². The third kappa shape index (κ3) is 3.45. The van der Waals surface area contributed by atoms with Crippen LogP contribution in [0.1, 0.15) is 30.1 Å². The van der Waals surface area contributed by atoms with Crippen LogP contribution in [0.25, 0.3) is 22.6 Å². The van der Waals surface area contributed by atoms with Crippen molar-refractivity contribution in [3.8, 4) is 11.5 Å². The number of nitrogens with two attached hydrogens (primary N) is 2. The summed E-state index contributed by atoms with van der Waals surface area (Å²) in [4.78, 5) is 35.2. The molecule has 0 aromatic carbocycles. The number of pyridine rings is 1. The van der Waals surface area contributed by atoms with E-state index in [2.05, 4.69) is 25.6 Å². The number of carbonyl (C=O) groups is 2. The second-order valence-corrected chi connectivity index (χ2v) is 7.07. The molecule has 1 fully saturated rings. The van der Waals surface area contributed by atoms with Crippen LogP contribution in [0, 0.1) is 0 Å². The van der Waals surface area contributed by atoms with Gasteiger partial charge in [0.15, 0.2) is 17.3 Å². The van der Waals surface area contributed by atoms with E-state index in [1.54, 1.807) is 11.1 Å². The number of rotatable bonds is 5. The second kappa shape index (κ2) is 8.06. The molecule has 4 heterocycles. The van der Waals surface area contributed by atoms with Crippen LogP contribution in [0.2, 0.25) is 0 Å². The second-order valence-electron chi connectivity index (χ2n) is 7.07. The van der Waals surface area contributed by atoms with Crippen LogP contribution in [0.4, 0.5) is 5.82 Å². The highest BCUT2D eigenvalue weighted by molar-refractivity contribution is 6.05. The maximum Gasteiger partial charge on any atom is 0.255 e. The van der Waals surface area contributed by atoms with E-state index in [0.717, 1.165) is 0 Å². The van der Waals surface area contributed by atoms with Gasteiger partial charge in [0.1, 0.15) is 5.52 Å². The van der Waals surface area contributed by atoms with E-state index in [1.165, 1.54) is 6.20 Å². The Kier molecular flexibility index (Phi) is 5.31. The van der Waals surface area contributed by atoms with Crippen LogP contribution in [-0.2, 0) is 11.3 Å². The van der Waals surface area contributed by atoms with Gasteiger partial charge in [-0.2, -0.15) is 0 Å². The summed E-state index contributed by atoms with van der Waals surface area (Å²) in [6, 6.07) is -0.0394. The molecule has 0 saturated carbocycles. The summed E-state index contributed by atoms with van der Waals surface area (Å²) < 4.78 is 6.54. The van der Waals surface area contributed by atoms with E-state index in [9.17, 15) is 9.59 Å². The third-order valence-corrected chi connectivity index (χ3v) is 5.29. The quantitative estimate of drug-likeness (QED) is 0.510. The first-order valence-corrected chi connectivity index (χ1v) is 9.74. The predicted molar refractivity (Wildman–Crippen MR) is 107 cm³/mol. The fourth-order valence-corrected chi connectivity index (χ4v) is 3.76. The molecule has 4 rings (SSSR count). The Balaban J connectivity index is 1.60. The highest BCUT2D eigenvalue weighted by Crippen LogP contribution is 2.28. The lowest BCUT2D eigenvalue weighted by molar-refractivity contribution is -0.130. The molecule has 2 amide bonds. The van der Waals surface area contributed by atoms with Crippen molar-refractivity contribution in [1.82, 2.24) is 35.1 Å². The molecule has 3 aromatic rings. The Morgan fingerprint density at radius 1 is 1.27 bits per heavy atom. The van der Waals surface area contributed by atoms with Gasteiger partial charge in [0, 0.05) is 31.9 Å². The van der Waals surface area contributed by atoms with E-state index in [-0.39, 0.29) is 30.2 Å². The third-order valence-electron chi connectivity index (χ3n) is 5.29. The Morgan fingerprint density at radius 3 is 2.67 bits per heavy atom. The standard InChI is InChI=1S/C18H23N9O3/c1-2-27-15-11(18(29)22-10-3-5-26(6-4-10)13(28)7-19)8-21-9-12(15)23-17(27)14-16(20)25-30-24-14/h8-10H,2-7,19H2,1H3,(H2,20,25)(H,22,29). The fraction of sp³-hybridized carbons (Fsp3) is 0.444. The molecule has 158 valence electrons. The van der Waals surface area contributed by atoms with Gasteiger partial charge in [-0.25, -0.2) is 9.61 Å². The highest BCUT2D eigenvalue weighted by atomic mass is 16.6. The monoisotopic (exact) mass is 413 g/mol. The molecule has 1 aliphatic rings. The van der Waals surface area contributed by atoms with Crippen molar-refractivity contribution in [2.24, 2.45) is 5.73 Å². The van der Waals surface area contributed by atoms with Gasteiger partial charge in [0.05, 0.1) is 23.8 Å². The number of piperidine rings is 1. The number of aryl methyl sites for hydroxylation is 1. The average molecular weight is 413 g/mol. The number of imidazole rings is 1. The van der Waals surface area contributed by atoms with Crippen molar-refractivity contribution >= 4 is 28.7 Å². The molecule has 1 aliphatic heterocycles. The number of nitrogens with one attached hydrogen (secondary N) is 1. The molecule has 0 radical (unpaired) electrons. The van der Waals surface area contributed by atoms with Crippen molar-refractivity contribution < 1.29 is 14.2 Å². The largest absolute Gasteiger partial charge is 0.379 e. The van der Waals surface area contributed by atoms with Crippen LogP contribution in [0.5, 0.6) is 0 Å². The lowest BCUT2D eigenvalue weighted by Crippen LogP contribution is -2.48. The van der Waals surface area contributed by atoms with E-state index in [4.69, 9.17) is 16.1 Å². The van der Waals surface area contributed by atoms with E-state index >= 15 is 0 Å². The maximum atomic E-state index is 13.1. The Hall–Kier alpha value is -3.54. The number of carbonyl (C=O) groups excluding carboxylic acids is 2. The van der Waals surface area contributed by atoms with Crippen LogP contribution in [-0.4, -0.2) is 67.2 Å². The molecule has 12 nitrogen and oxygen atoms in total. The van der Waals surface area contributed by atoms with Crippen molar-refractivity contribution in [2.45, 2.75) is 32.4 Å². The number of hydrogen-bond donors (Lipinski definition) is 3. The molecule has 0 unspecified atom stereocenters. The van der Waals surface area contributed by atoms with E-state index in [1.807, 2.05) is 11.5 Å². The van der Waals surface area contributed by atoms with Crippen molar-refractivity contribution in [1.29, 1.82) is 0 Å². The lowest BCUT2D eigenvalue weighted by atomic mass is 10.0. The molecule has 5 N–H and O–H groups in total. The number of fused-ring (bicyclic) bond motifs is 1. The van der Waals surface area contributed by atoms with Crippen LogP contribution in [0.15, 0.2) is 17.0 Å². The molecule has 0 atom stereocenters. The van der Waals surface area contributed by atoms with Gasteiger partial charge in [0.2, 0.25) is 5.91 Å². The molecular weight excluding hydrogens is 390 g/mol. The summed E-state index contributed by atoms with van der Waals surface area (Å²) >= 11 is 0. The molecule has 0 spiro atoms. The minimum Gasteiger partial charge on any atom is -0.379 e. The summed E-state index contributed by atoms with van der Waals surface area (Å²) in [7, 11) is 0. The zero-order chi connectivity index (χ0) is 21.3. The highest BCUT2D eigenvalue weighted by Gasteiger charge is 2.26. The first kappa shape index (κ1) is 19.8. The SMILES string of the molecule is CCn1c(-c2nonc2N)nc2cncc(C(=O)NC3CCN(C(=O)CN)CC3)c21. The predicted octanol–water partition coefficient (Wildman–Crippen LogP) is -0.237. The Bertz CT molecular complexity index is 1080. The van der Waals surface area contributed by atoms with Crippen molar-refractivity contribution in [3.63, 3.8) is 0 Å². The summed E-state index contributed by atoms with van der Waals surface area (Å²) in [6.45, 7) is 3.60. The first-order chi connectivity index (χ1) is 14.5. The van der Waals surface area contributed by atoms with Crippen molar-refractivity contribution in [2.75, 3.05) is 25.4 Å². The van der Waals surface area contributed by atoms with Crippen LogP contribution < -0.4 is 16.8 Å². The minimum absolute atomic E-state index is 0.000409. The molecule has 3 aromatic heterocycles. The minimum atomic E-state index is -0.246. The number of likely N-dealkylation sites (tertiary alicyclic amines) is 1. The molecule has 0 bridgehead atoms. The van der Waals surface area contributed by atoms with Gasteiger partial charge in [-0.3, -0.25) is 14.6 Å². The average Bonchev–Trinajstić information content (AvgIpc) is 3.35. The smallest absolute Gasteiger partial charge is 0.255 e. The molecule has 30 heavy (non-hydrogen) atoms. The summed E-state index contributed by atoms with van der Waals surface area (Å²) in [6.07, 6.45) is 4.44. The summed E-state index contributed by atoms with van der Waals surface area (Å²) in [5, 5.41) is 10.5. The van der Waals surface area contributed by atoms with Gasteiger partial charge >= 0.3 is 0 Å². The normalized spacial score (nSPS) is 14.9. The van der Waals surface area contributed by atoms with Gasteiger partial charge in [-0.15, -0.1) is 0 Å². The van der Waals surface area contributed by atoms with Crippen LogP contribution >= 0.6 is 0 Å². The molecule has 0 aliphatic carbocycles.